The second-order valence-corrected chi connectivity index (χ2v) is 30.0. The smallest absolute Gasteiger partial charge is 0.192 e. The zero-order valence-corrected chi connectivity index (χ0v) is 43.2. The average molecular weight is 939 g/mol. The molecule has 0 saturated carbocycles. The van der Waals surface area contributed by atoms with Gasteiger partial charge in [0.15, 0.2) is 34.2 Å². The molecule has 1 heterocycles. The van der Waals surface area contributed by atoms with Crippen molar-refractivity contribution in [3.63, 3.8) is 0 Å². The molecule has 0 fully saturated rings. The first-order chi connectivity index (χ1) is 32.0. The van der Waals surface area contributed by atoms with Crippen molar-refractivity contribution in [3.05, 3.63) is 185 Å². The first-order valence-electron chi connectivity index (χ1n) is 23.6. The first-order valence-corrected chi connectivity index (χ1v) is 29.4. The first kappa shape index (κ1) is 49.5. The molecular weight excluding hydrogens is 869 g/mol. The van der Waals surface area contributed by atoms with E-state index in [2.05, 4.69) is 122 Å². The molecule has 67 heavy (non-hydrogen) atoms. The summed E-state index contributed by atoms with van der Waals surface area (Å²) in [5.74, 6) is 3.05. The van der Waals surface area contributed by atoms with E-state index in [1.54, 1.807) is 0 Å². The highest BCUT2D eigenvalue weighted by molar-refractivity contribution is 6.74. The normalized spacial score (nSPS) is 16.4. The van der Waals surface area contributed by atoms with Gasteiger partial charge in [-0.15, -0.1) is 0 Å². The Morgan fingerprint density at radius 2 is 0.940 bits per heavy atom. The summed E-state index contributed by atoms with van der Waals surface area (Å²) in [5.41, 5.74) is 5.83. The average Bonchev–Trinajstić information content (AvgIpc) is 3.31. The van der Waals surface area contributed by atoms with Crippen LogP contribution in [0.15, 0.2) is 152 Å². The maximum atomic E-state index is 7.59. The van der Waals surface area contributed by atoms with Gasteiger partial charge in [-0.25, -0.2) is 0 Å². The molecule has 7 rings (SSSR count). The second-order valence-electron chi connectivity index (χ2n) is 20.4. The summed E-state index contributed by atoms with van der Waals surface area (Å²) in [5, 5.41) is -0.0854. The van der Waals surface area contributed by atoms with E-state index in [1.807, 2.05) is 97.1 Å². The highest BCUT2D eigenvalue weighted by atomic mass is 28.4. The van der Waals surface area contributed by atoms with Crippen LogP contribution in [0.1, 0.15) is 87.1 Å². The van der Waals surface area contributed by atoms with E-state index in [1.165, 1.54) is 0 Å². The van der Waals surface area contributed by atoms with Gasteiger partial charge >= 0.3 is 0 Å². The van der Waals surface area contributed by atoms with Crippen LogP contribution in [0.25, 0.3) is 0 Å². The lowest BCUT2D eigenvalue weighted by molar-refractivity contribution is -0.101. The van der Waals surface area contributed by atoms with Gasteiger partial charge in [-0.2, -0.15) is 0 Å². The van der Waals surface area contributed by atoms with Crippen molar-refractivity contribution >= 4 is 16.6 Å². The Morgan fingerprint density at radius 3 is 1.43 bits per heavy atom. The van der Waals surface area contributed by atoms with Crippen molar-refractivity contribution in [3.8, 4) is 28.7 Å². The van der Waals surface area contributed by atoms with Crippen LogP contribution in [0.3, 0.4) is 0 Å². The molecule has 0 aromatic heterocycles. The maximum Gasteiger partial charge on any atom is 0.192 e. The fourth-order valence-corrected chi connectivity index (χ4v) is 9.64. The summed E-state index contributed by atoms with van der Waals surface area (Å²) in [6, 6.07) is 50.7. The van der Waals surface area contributed by atoms with Gasteiger partial charge in [-0.1, -0.05) is 169 Å². The van der Waals surface area contributed by atoms with Crippen LogP contribution < -0.4 is 23.7 Å². The van der Waals surface area contributed by atoms with E-state index in [0.717, 1.165) is 33.4 Å². The Kier molecular flexibility index (Phi) is 16.1. The molecule has 354 valence electrons. The largest absolute Gasteiger partial charge is 0.489 e. The molecule has 0 radical (unpaired) electrons. The van der Waals surface area contributed by atoms with Crippen LogP contribution in [-0.2, 0) is 40.0 Å². The van der Waals surface area contributed by atoms with Crippen molar-refractivity contribution in [1.29, 1.82) is 0 Å². The second kappa shape index (κ2) is 21.7. The van der Waals surface area contributed by atoms with E-state index in [4.69, 9.17) is 37.3 Å². The van der Waals surface area contributed by atoms with E-state index in [9.17, 15) is 0 Å². The van der Waals surface area contributed by atoms with E-state index >= 15 is 0 Å². The Morgan fingerprint density at radius 1 is 0.478 bits per heavy atom. The van der Waals surface area contributed by atoms with E-state index in [0.29, 0.717) is 68.4 Å². The lowest BCUT2D eigenvalue weighted by Crippen LogP contribution is -2.50. The van der Waals surface area contributed by atoms with Crippen LogP contribution in [0.4, 0.5) is 0 Å². The molecule has 0 spiro atoms. The van der Waals surface area contributed by atoms with Gasteiger partial charge in [0.05, 0.1) is 18.8 Å². The number of rotatable bonds is 20. The Hall–Kier alpha value is -5.37. The van der Waals surface area contributed by atoms with Gasteiger partial charge in [0.1, 0.15) is 55.9 Å². The quantitative estimate of drug-likeness (QED) is 0.0554. The van der Waals surface area contributed by atoms with Gasteiger partial charge in [0.25, 0.3) is 0 Å². The van der Waals surface area contributed by atoms with Crippen molar-refractivity contribution < 1.29 is 37.3 Å². The molecule has 1 aliphatic heterocycles. The number of benzene rings is 6. The summed E-state index contributed by atoms with van der Waals surface area (Å²) in [7, 11) is -4.61. The SMILES string of the molecule is CC(C)(C)[Si](C)(C)OCCO[C@H]1c2c(OCc3ccccc3)cc(OCc3ccccc3)cc2O[C@H](c2ccc(OCc3ccccc3)c(OCc3ccccc3)c2)[C@H]1O[Si](C)(C)C(C)(C)C. The fourth-order valence-electron chi connectivity index (χ4n) is 7.33. The van der Waals surface area contributed by atoms with Crippen LogP contribution in [0.5, 0.6) is 28.7 Å². The number of ether oxygens (including phenoxy) is 6. The zero-order chi connectivity index (χ0) is 47.7. The lowest BCUT2D eigenvalue weighted by Gasteiger charge is -2.46. The van der Waals surface area contributed by atoms with Crippen LogP contribution >= 0.6 is 0 Å². The molecule has 0 bridgehead atoms. The summed E-state index contributed by atoms with van der Waals surface area (Å²) in [6.07, 6.45) is -1.86. The number of hydrogen-bond acceptors (Lipinski definition) is 8. The van der Waals surface area contributed by atoms with Crippen molar-refractivity contribution in [1.82, 2.24) is 0 Å². The number of hydrogen-bond donors (Lipinski definition) is 0. The predicted octanol–water partition coefficient (Wildman–Crippen LogP) is 14.6. The van der Waals surface area contributed by atoms with Crippen LogP contribution in [0, 0.1) is 0 Å². The number of fused-ring (bicyclic) bond motifs is 1. The van der Waals surface area contributed by atoms with Gasteiger partial charge in [-0.3, -0.25) is 0 Å². The third kappa shape index (κ3) is 13.0. The van der Waals surface area contributed by atoms with Gasteiger partial charge in [0.2, 0.25) is 0 Å². The molecular formula is C57H70O8Si2. The lowest BCUT2D eigenvalue weighted by atomic mass is 9.91. The summed E-state index contributed by atoms with van der Waals surface area (Å²) >= 11 is 0. The predicted molar refractivity (Wildman–Crippen MR) is 273 cm³/mol. The van der Waals surface area contributed by atoms with E-state index in [-0.39, 0.29) is 10.1 Å². The third-order valence-corrected chi connectivity index (χ3v) is 22.4. The minimum atomic E-state index is -2.52. The molecule has 0 saturated heterocycles. The standard InChI is InChI=1S/C57H70O8Si2/c1-56(2,3)66(7,8)63-34-33-58-54-52-50(62-41-45-29-21-14-22-30-45)36-47(59-38-42-23-15-11-16-24-42)37-51(52)64-53(55(54)65-67(9,10)57(4,5)6)46-31-32-48(60-39-43-25-17-12-18-26-43)49(35-46)61-40-44-27-19-13-20-28-44/h11-32,35-37,53-55H,33-34,38-41H2,1-10H3/t53-,54+,55-/m1/s1. The van der Waals surface area contributed by atoms with Gasteiger partial charge < -0.3 is 37.3 Å². The van der Waals surface area contributed by atoms with Crippen molar-refractivity contribution in [2.75, 3.05) is 13.2 Å². The zero-order valence-electron chi connectivity index (χ0n) is 41.2. The molecule has 10 heteroatoms. The molecule has 1 aliphatic rings. The molecule has 6 aromatic carbocycles. The van der Waals surface area contributed by atoms with Gasteiger partial charge in [-0.05, 0) is 76.2 Å². The molecule has 0 N–H and O–H groups in total. The molecule has 0 amide bonds. The monoisotopic (exact) mass is 938 g/mol. The molecule has 8 nitrogen and oxygen atoms in total. The topological polar surface area (TPSA) is 73.8 Å². The summed E-state index contributed by atoms with van der Waals surface area (Å²) in [6.45, 7) is 24.9. The Balaban J connectivity index is 1.35. The van der Waals surface area contributed by atoms with Crippen LogP contribution in [0.2, 0.25) is 36.3 Å². The van der Waals surface area contributed by atoms with Crippen molar-refractivity contribution in [2.45, 2.75) is 123 Å². The molecule has 0 aliphatic carbocycles. The van der Waals surface area contributed by atoms with Crippen molar-refractivity contribution in [2.24, 2.45) is 0 Å². The Bertz CT molecular complexity index is 2470. The van der Waals surface area contributed by atoms with E-state index < -0.39 is 34.9 Å². The highest BCUT2D eigenvalue weighted by Gasteiger charge is 2.49. The Labute approximate surface area is 401 Å². The molecule has 3 atom stereocenters. The highest BCUT2D eigenvalue weighted by Crippen LogP contribution is 2.53. The fraction of sp³-hybridized carbons (Fsp3) is 0.368. The molecule has 0 unspecified atom stereocenters. The maximum absolute atomic E-state index is 7.59. The third-order valence-electron chi connectivity index (χ3n) is 13.4. The summed E-state index contributed by atoms with van der Waals surface area (Å²) in [4.78, 5) is 0. The minimum absolute atomic E-state index is 0.0449. The summed E-state index contributed by atoms with van der Waals surface area (Å²) < 4.78 is 55.4. The van der Waals surface area contributed by atoms with Crippen LogP contribution in [-0.4, -0.2) is 36.0 Å². The molecule has 6 aromatic rings. The minimum Gasteiger partial charge on any atom is -0.489 e. The van der Waals surface area contributed by atoms with Gasteiger partial charge in [0, 0.05) is 12.1 Å².